The first-order chi connectivity index (χ1) is 20.9. The van der Waals surface area contributed by atoms with E-state index in [4.69, 9.17) is 18.9 Å². The summed E-state index contributed by atoms with van der Waals surface area (Å²) >= 11 is 0. The van der Waals surface area contributed by atoms with Crippen molar-refractivity contribution in [1.82, 2.24) is 24.9 Å². The van der Waals surface area contributed by atoms with Gasteiger partial charge in [0, 0.05) is 20.6 Å². The highest BCUT2D eigenvalue weighted by Gasteiger charge is 2.49. The number of aliphatic carboxylic acids is 1. The van der Waals surface area contributed by atoms with Crippen molar-refractivity contribution in [2.45, 2.75) is 89.4 Å². The Morgan fingerprint density at radius 1 is 1.14 bits per heavy atom. The number of hydrogen-bond donors (Lipinski definition) is 4. The van der Waals surface area contributed by atoms with E-state index in [-0.39, 0.29) is 19.1 Å². The number of carboxylic acids is 1. The number of aryl methyl sites for hydroxylation is 2. The SMILES string of the molecule is CCCN(C)C(=O)OCc1c(-c2ccc(O[C@H]3CCC[C@H](C(=O)O[C@@H]4O[C@H](C(=O)O)[C@@H](O)[C@H](O)[C@H]4O)C3)c(C)n2)nnn1C. The molecular weight excluding hydrogens is 582 g/mol. The molecule has 0 unspecified atom stereocenters. The van der Waals surface area contributed by atoms with Gasteiger partial charge in [-0.05, 0) is 51.2 Å². The summed E-state index contributed by atoms with van der Waals surface area (Å²) in [5, 5.41) is 47.5. The molecule has 44 heavy (non-hydrogen) atoms. The van der Waals surface area contributed by atoms with Gasteiger partial charge in [-0.1, -0.05) is 12.1 Å². The van der Waals surface area contributed by atoms with Crippen LogP contribution in [0.3, 0.4) is 0 Å². The highest BCUT2D eigenvalue weighted by Crippen LogP contribution is 2.32. The molecule has 0 bridgehead atoms. The van der Waals surface area contributed by atoms with Crippen LogP contribution in [0.2, 0.25) is 0 Å². The molecule has 2 aromatic rings. The fourth-order valence-corrected chi connectivity index (χ4v) is 5.22. The lowest BCUT2D eigenvalue weighted by atomic mass is 9.87. The summed E-state index contributed by atoms with van der Waals surface area (Å²) in [6, 6.07) is 3.46. The molecule has 1 amide bonds. The van der Waals surface area contributed by atoms with E-state index in [1.54, 1.807) is 33.2 Å². The highest BCUT2D eigenvalue weighted by atomic mass is 16.7. The topological polar surface area (TPSA) is 216 Å². The summed E-state index contributed by atoms with van der Waals surface area (Å²) in [5.74, 6) is -2.44. The molecule has 3 heterocycles. The normalized spacial score (nSPS) is 26.9. The van der Waals surface area contributed by atoms with Crippen molar-refractivity contribution in [3.8, 4) is 17.1 Å². The van der Waals surface area contributed by atoms with E-state index in [2.05, 4.69) is 15.3 Å². The number of ether oxygens (including phenoxy) is 4. The molecular formula is C28H39N5O11. The number of carbonyl (C=O) groups is 3. The van der Waals surface area contributed by atoms with Crippen LogP contribution in [0.4, 0.5) is 4.79 Å². The Bertz CT molecular complexity index is 1340. The first-order valence-corrected chi connectivity index (χ1v) is 14.4. The van der Waals surface area contributed by atoms with Crippen LogP contribution in [0.1, 0.15) is 50.4 Å². The third kappa shape index (κ3) is 7.43. The lowest BCUT2D eigenvalue weighted by Gasteiger charge is -2.38. The van der Waals surface area contributed by atoms with Gasteiger partial charge in [0.05, 0.1) is 23.4 Å². The molecule has 0 aromatic carbocycles. The van der Waals surface area contributed by atoms with Crippen LogP contribution in [-0.2, 0) is 37.5 Å². The van der Waals surface area contributed by atoms with E-state index in [0.717, 1.165) is 6.42 Å². The van der Waals surface area contributed by atoms with Gasteiger partial charge >= 0.3 is 18.0 Å². The van der Waals surface area contributed by atoms with Gasteiger partial charge in [-0.25, -0.2) is 19.3 Å². The average Bonchev–Trinajstić information content (AvgIpc) is 3.37. The molecule has 0 radical (unpaired) electrons. The number of carboxylic acid groups (broad SMARTS) is 1. The molecule has 0 spiro atoms. The number of rotatable bonds is 10. The number of aliphatic hydroxyl groups excluding tert-OH is 3. The van der Waals surface area contributed by atoms with E-state index in [1.165, 1.54) is 9.58 Å². The summed E-state index contributed by atoms with van der Waals surface area (Å²) in [6.45, 7) is 4.27. The summed E-state index contributed by atoms with van der Waals surface area (Å²) in [5.41, 5.74) is 2.11. The fraction of sp³-hybridized carbons (Fsp3) is 0.643. The molecule has 2 fully saturated rings. The Hall–Kier alpha value is -3.86. The number of aliphatic hydroxyl groups is 3. The lowest BCUT2D eigenvalue weighted by Crippen LogP contribution is -2.60. The molecule has 16 nitrogen and oxygen atoms in total. The van der Waals surface area contributed by atoms with E-state index >= 15 is 0 Å². The maximum Gasteiger partial charge on any atom is 0.409 e. The monoisotopic (exact) mass is 621 g/mol. The second-order valence-electron chi connectivity index (χ2n) is 11.0. The Kier molecular flexibility index (Phi) is 10.7. The minimum atomic E-state index is -1.89. The standard InChI is InChI=1S/C28H39N5O11/c1-5-11-32(3)28(40)41-13-18-20(30-31-33(18)4)17-9-10-19(14(2)29-17)42-16-8-6-7-15(12-16)26(39)44-27-23(36)21(34)22(35)24(43-27)25(37)38/h9-10,15-16,21-24,27,34-36H,5-8,11-13H2,1-4H3,(H,37,38)/t15-,16-,21-,22-,23+,24-,27-/m0/s1. The molecule has 1 saturated carbocycles. The van der Waals surface area contributed by atoms with Crippen molar-refractivity contribution in [3.05, 3.63) is 23.5 Å². The van der Waals surface area contributed by atoms with E-state index in [9.17, 15) is 34.8 Å². The molecule has 16 heteroatoms. The number of hydrogen-bond acceptors (Lipinski definition) is 13. The minimum absolute atomic E-state index is 0.0380. The van der Waals surface area contributed by atoms with Crippen LogP contribution >= 0.6 is 0 Å². The van der Waals surface area contributed by atoms with Crippen molar-refractivity contribution in [2.75, 3.05) is 13.6 Å². The van der Waals surface area contributed by atoms with Crippen LogP contribution in [0.5, 0.6) is 5.75 Å². The summed E-state index contributed by atoms with van der Waals surface area (Å²) < 4.78 is 23.5. The predicted octanol–water partition coefficient (Wildman–Crippen LogP) is 0.537. The molecule has 1 saturated heterocycles. The van der Waals surface area contributed by atoms with Crippen LogP contribution in [0, 0.1) is 12.8 Å². The summed E-state index contributed by atoms with van der Waals surface area (Å²) in [7, 11) is 3.36. The van der Waals surface area contributed by atoms with Crippen molar-refractivity contribution < 1.29 is 53.8 Å². The molecule has 7 atom stereocenters. The van der Waals surface area contributed by atoms with Crippen LogP contribution in [-0.4, -0.2) is 114 Å². The first-order valence-electron chi connectivity index (χ1n) is 14.4. The van der Waals surface area contributed by atoms with Gasteiger partial charge in [0.25, 0.3) is 0 Å². The Labute approximate surface area is 253 Å². The van der Waals surface area contributed by atoms with Gasteiger partial charge < -0.3 is 44.3 Å². The highest BCUT2D eigenvalue weighted by molar-refractivity contribution is 5.74. The number of carbonyl (C=O) groups excluding carboxylic acids is 2. The quantitative estimate of drug-likeness (QED) is 0.266. The molecule has 2 aliphatic rings. The second-order valence-corrected chi connectivity index (χ2v) is 11.0. The Morgan fingerprint density at radius 2 is 1.89 bits per heavy atom. The number of pyridine rings is 1. The number of aromatic nitrogens is 4. The van der Waals surface area contributed by atoms with Crippen LogP contribution in [0.25, 0.3) is 11.4 Å². The lowest BCUT2D eigenvalue weighted by molar-refractivity contribution is -0.287. The summed E-state index contributed by atoms with van der Waals surface area (Å²) in [6.07, 6.45) is -7.17. The molecule has 242 valence electrons. The fourth-order valence-electron chi connectivity index (χ4n) is 5.22. The summed E-state index contributed by atoms with van der Waals surface area (Å²) in [4.78, 5) is 42.6. The van der Waals surface area contributed by atoms with E-state index < -0.39 is 54.7 Å². The second kappa shape index (κ2) is 14.3. The van der Waals surface area contributed by atoms with Gasteiger partial charge in [0.2, 0.25) is 6.29 Å². The van der Waals surface area contributed by atoms with E-state index in [1.807, 2.05) is 6.92 Å². The molecule has 4 rings (SSSR count). The van der Waals surface area contributed by atoms with Gasteiger partial charge in [0.15, 0.2) is 6.10 Å². The number of nitrogens with zero attached hydrogens (tertiary/aromatic N) is 5. The average molecular weight is 622 g/mol. The minimum Gasteiger partial charge on any atom is -0.489 e. The van der Waals surface area contributed by atoms with Gasteiger partial charge in [-0.2, -0.15) is 0 Å². The maximum atomic E-state index is 12.9. The van der Waals surface area contributed by atoms with Crippen molar-refractivity contribution in [3.63, 3.8) is 0 Å². The largest absolute Gasteiger partial charge is 0.489 e. The molecule has 2 aromatic heterocycles. The van der Waals surface area contributed by atoms with Gasteiger partial charge in [-0.3, -0.25) is 4.79 Å². The smallest absolute Gasteiger partial charge is 0.409 e. The van der Waals surface area contributed by atoms with E-state index in [0.29, 0.717) is 54.3 Å². The number of esters is 1. The van der Waals surface area contributed by atoms with Gasteiger partial charge in [0.1, 0.15) is 42.1 Å². The molecule has 1 aliphatic heterocycles. The first kappa shape index (κ1) is 33.0. The van der Waals surface area contributed by atoms with Crippen LogP contribution in [0.15, 0.2) is 12.1 Å². The zero-order chi connectivity index (χ0) is 32.1. The third-order valence-corrected chi connectivity index (χ3v) is 7.72. The number of amides is 1. The van der Waals surface area contributed by atoms with Crippen molar-refractivity contribution in [1.29, 1.82) is 0 Å². The maximum absolute atomic E-state index is 12.9. The van der Waals surface area contributed by atoms with Crippen LogP contribution < -0.4 is 4.74 Å². The molecule has 1 aliphatic carbocycles. The third-order valence-electron chi connectivity index (χ3n) is 7.72. The zero-order valence-corrected chi connectivity index (χ0v) is 25.0. The molecule has 4 N–H and O–H groups in total. The predicted molar refractivity (Wildman–Crippen MR) is 149 cm³/mol. The zero-order valence-electron chi connectivity index (χ0n) is 25.0. The van der Waals surface area contributed by atoms with Crippen molar-refractivity contribution in [2.24, 2.45) is 13.0 Å². The van der Waals surface area contributed by atoms with Gasteiger partial charge in [-0.15, -0.1) is 5.10 Å². The Morgan fingerprint density at radius 3 is 2.57 bits per heavy atom. The Balaban J connectivity index is 1.38. The van der Waals surface area contributed by atoms with Crippen molar-refractivity contribution >= 4 is 18.0 Å².